The number of rotatable bonds is 5. The summed E-state index contributed by atoms with van der Waals surface area (Å²) in [5, 5.41) is 8.17. The van der Waals surface area contributed by atoms with Gasteiger partial charge < -0.3 is 25.8 Å². The molecule has 1 saturated heterocycles. The second-order valence-corrected chi connectivity index (χ2v) is 8.19. The minimum Gasteiger partial charge on any atom is -0.369 e. The molecule has 0 unspecified atom stereocenters. The van der Waals surface area contributed by atoms with Crippen molar-refractivity contribution in [3.8, 4) is 0 Å². The molecule has 3 aromatic rings. The van der Waals surface area contributed by atoms with Gasteiger partial charge in [0.15, 0.2) is 0 Å². The Kier molecular flexibility index (Phi) is 4.62. The molecule has 10 heteroatoms. The van der Waals surface area contributed by atoms with Crippen LogP contribution < -0.4 is 25.8 Å². The Morgan fingerprint density at radius 3 is 2.79 bits per heavy atom. The fourth-order valence-corrected chi connectivity index (χ4v) is 4.48. The molecular formula is C24H24FN7O2. The van der Waals surface area contributed by atoms with E-state index in [2.05, 4.69) is 25.5 Å². The first kappa shape index (κ1) is 18.2. The Morgan fingerprint density at radius 2 is 2.00 bits per heavy atom. The van der Waals surface area contributed by atoms with E-state index in [4.69, 9.17) is 4.11 Å². The molecule has 0 aliphatic carbocycles. The van der Waals surface area contributed by atoms with Crippen molar-refractivity contribution in [2.75, 3.05) is 41.0 Å². The summed E-state index contributed by atoms with van der Waals surface area (Å²) in [6.45, 7) is -2.04. The van der Waals surface area contributed by atoms with Crippen molar-refractivity contribution in [2.24, 2.45) is 0 Å². The lowest BCUT2D eigenvalue weighted by atomic mass is 10.1. The summed E-state index contributed by atoms with van der Waals surface area (Å²) in [6.07, 6.45) is 3.58. The fraction of sp³-hybridized carbons (Fsp3) is 0.250. The molecule has 2 amide bonds. The van der Waals surface area contributed by atoms with Gasteiger partial charge in [-0.3, -0.25) is 9.59 Å². The molecule has 0 radical (unpaired) electrons. The average Bonchev–Trinajstić information content (AvgIpc) is 3.20. The number of fused-ring (bicyclic) bond motifs is 3. The number of amides is 2. The number of halogens is 1. The van der Waals surface area contributed by atoms with Crippen LogP contribution in [0, 0.1) is 5.82 Å². The highest BCUT2D eigenvalue weighted by molar-refractivity contribution is 6.05. The number of para-hydroxylation sites is 1. The summed E-state index contributed by atoms with van der Waals surface area (Å²) < 4.78 is 35.5. The predicted molar refractivity (Wildman–Crippen MR) is 129 cm³/mol. The van der Waals surface area contributed by atoms with E-state index >= 15 is 0 Å². The third-order valence-electron chi connectivity index (χ3n) is 5.98. The molecule has 0 saturated carbocycles. The number of benzene rings is 1. The number of anilines is 6. The highest BCUT2D eigenvalue weighted by Crippen LogP contribution is 2.44. The Morgan fingerprint density at radius 1 is 1.15 bits per heavy atom. The largest absolute Gasteiger partial charge is 0.369 e. The molecule has 0 bridgehead atoms. The van der Waals surface area contributed by atoms with Gasteiger partial charge in [-0.05, 0) is 30.7 Å². The molecule has 1 atom stereocenters. The maximum absolute atomic E-state index is 13.2. The first-order chi connectivity index (χ1) is 17.6. The van der Waals surface area contributed by atoms with Gasteiger partial charge in [-0.25, -0.2) is 14.4 Å². The summed E-state index contributed by atoms with van der Waals surface area (Å²) in [7, 11) is 1.94. The van der Waals surface area contributed by atoms with E-state index < -0.39 is 18.7 Å². The Hall–Kier alpha value is -4.21. The van der Waals surface area contributed by atoms with E-state index in [9.17, 15) is 14.0 Å². The Labute approximate surface area is 200 Å². The molecule has 174 valence electrons. The summed E-state index contributed by atoms with van der Waals surface area (Å²) in [5.74, 6) is -0.644. The predicted octanol–water partition coefficient (Wildman–Crippen LogP) is 3.41. The van der Waals surface area contributed by atoms with Crippen molar-refractivity contribution < 1.29 is 18.1 Å². The number of carbonyl (C=O) groups excluding carboxylic acids is 2. The van der Waals surface area contributed by atoms with Crippen LogP contribution in [-0.2, 0) is 4.79 Å². The number of pyridine rings is 2. The number of nitrogens with one attached hydrogen (secondary N) is 3. The van der Waals surface area contributed by atoms with E-state index in [0.29, 0.717) is 30.3 Å². The second kappa shape index (κ2) is 8.62. The van der Waals surface area contributed by atoms with Crippen LogP contribution in [0.2, 0.25) is 0 Å². The van der Waals surface area contributed by atoms with Crippen LogP contribution in [0.5, 0.6) is 0 Å². The summed E-state index contributed by atoms with van der Waals surface area (Å²) >= 11 is 0. The minimum atomic E-state index is -2.69. The molecule has 34 heavy (non-hydrogen) atoms. The van der Waals surface area contributed by atoms with Gasteiger partial charge >= 0.3 is 0 Å². The number of carbonyl (C=O) groups is 2. The van der Waals surface area contributed by atoms with Crippen LogP contribution in [0.25, 0.3) is 0 Å². The van der Waals surface area contributed by atoms with Gasteiger partial charge in [-0.2, -0.15) is 0 Å². The van der Waals surface area contributed by atoms with Gasteiger partial charge in [0.05, 0.1) is 40.6 Å². The van der Waals surface area contributed by atoms with Crippen LogP contribution in [0.4, 0.5) is 38.8 Å². The number of hydrogen-bond donors (Lipinski definition) is 3. The minimum absolute atomic E-state index is 0.0000636. The molecule has 1 aromatic carbocycles. The lowest BCUT2D eigenvalue weighted by molar-refractivity contribution is -0.117. The number of aromatic nitrogens is 2. The van der Waals surface area contributed by atoms with E-state index in [0.717, 1.165) is 24.0 Å². The van der Waals surface area contributed by atoms with E-state index in [-0.39, 0.29) is 23.2 Å². The van der Waals surface area contributed by atoms with Crippen molar-refractivity contribution in [1.29, 1.82) is 0 Å². The molecule has 0 spiro atoms. The van der Waals surface area contributed by atoms with Gasteiger partial charge in [0.2, 0.25) is 5.91 Å². The zero-order valence-corrected chi connectivity index (χ0v) is 18.3. The highest BCUT2D eigenvalue weighted by Gasteiger charge is 2.39. The van der Waals surface area contributed by atoms with Gasteiger partial charge in [-0.1, -0.05) is 6.07 Å². The monoisotopic (exact) mass is 464 g/mol. The van der Waals surface area contributed by atoms with Crippen molar-refractivity contribution in [1.82, 2.24) is 15.3 Å². The van der Waals surface area contributed by atoms with Crippen LogP contribution >= 0.6 is 0 Å². The van der Waals surface area contributed by atoms with Gasteiger partial charge in [-0.15, -0.1) is 0 Å². The first-order valence-corrected chi connectivity index (χ1v) is 10.7. The molecular weight excluding hydrogens is 437 g/mol. The molecule has 1 fully saturated rings. The quantitative estimate of drug-likeness (QED) is 0.532. The van der Waals surface area contributed by atoms with Gasteiger partial charge in [0.1, 0.15) is 17.5 Å². The second-order valence-electron chi connectivity index (χ2n) is 8.19. The van der Waals surface area contributed by atoms with Crippen LogP contribution in [0.15, 0.2) is 48.8 Å². The van der Waals surface area contributed by atoms with E-state index in [1.54, 1.807) is 0 Å². The Balaban J connectivity index is 1.54. The van der Waals surface area contributed by atoms with Crippen molar-refractivity contribution in [3.05, 3.63) is 60.2 Å². The van der Waals surface area contributed by atoms with Crippen molar-refractivity contribution >= 4 is 46.2 Å². The number of likely N-dealkylation sites (N-methyl/N-ethyl adjacent to an activating group) is 1. The van der Waals surface area contributed by atoms with E-state index in [1.165, 1.54) is 24.4 Å². The lowest BCUT2D eigenvalue weighted by Crippen LogP contribution is -2.46. The normalized spacial score (nSPS) is 18.4. The van der Waals surface area contributed by atoms with Gasteiger partial charge in [0, 0.05) is 43.4 Å². The first-order valence-electron chi connectivity index (χ1n) is 12.2. The van der Waals surface area contributed by atoms with Crippen molar-refractivity contribution in [2.45, 2.75) is 18.9 Å². The Bertz CT molecular complexity index is 1370. The van der Waals surface area contributed by atoms with Crippen LogP contribution in [0.3, 0.4) is 0 Å². The summed E-state index contributed by atoms with van der Waals surface area (Å²) in [4.78, 5) is 37.5. The SMILES string of the molecule is [2H]C([2H])([2H])NC(=O)c1cnc(Nc2ccc(F)cn2)cc1Nc1cccc2c1N(C)C[C@H]1CCC(=O)N21. The number of nitrogens with zero attached hydrogens (tertiary/aromatic N) is 4. The van der Waals surface area contributed by atoms with E-state index in [1.807, 2.05) is 35.5 Å². The zero-order chi connectivity index (χ0) is 26.3. The smallest absolute Gasteiger partial charge is 0.254 e. The lowest BCUT2D eigenvalue weighted by Gasteiger charge is -2.39. The third-order valence-corrected chi connectivity index (χ3v) is 5.98. The standard InChI is InChI=1S/C24H24FN7O2/c1-26-24(34)16-12-28-21(30-20-8-6-14(25)11-27-20)10-18(16)29-17-4-3-5-19-23(17)31(2)13-15-7-9-22(33)32(15)19/h3-6,8,10-12,15H,7,9,13H2,1-2H3,(H,26,34)(H2,27,28,29,30)/t15-/m1/s1/i1D3. The molecule has 2 aromatic heterocycles. The summed E-state index contributed by atoms with van der Waals surface area (Å²) in [6, 6.07) is 9.82. The topological polar surface area (TPSA) is 102 Å². The fourth-order valence-electron chi connectivity index (χ4n) is 4.48. The van der Waals surface area contributed by atoms with Crippen LogP contribution in [-0.4, -0.2) is 48.4 Å². The maximum atomic E-state index is 13.2. The summed E-state index contributed by atoms with van der Waals surface area (Å²) in [5.41, 5.74) is 2.45. The molecule has 2 aliphatic heterocycles. The molecule has 5 rings (SSSR count). The van der Waals surface area contributed by atoms with Crippen LogP contribution in [0.1, 0.15) is 27.3 Å². The molecule has 2 aliphatic rings. The molecule has 4 heterocycles. The third kappa shape index (κ3) is 3.87. The van der Waals surface area contributed by atoms with Gasteiger partial charge in [0.25, 0.3) is 5.91 Å². The molecule has 3 N–H and O–H groups in total. The number of hydrogen-bond acceptors (Lipinski definition) is 7. The zero-order valence-electron chi connectivity index (χ0n) is 21.3. The highest BCUT2D eigenvalue weighted by atomic mass is 19.1. The maximum Gasteiger partial charge on any atom is 0.254 e. The average molecular weight is 465 g/mol. The molecule has 9 nitrogen and oxygen atoms in total. The van der Waals surface area contributed by atoms with Crippen molar-refractivity contribution in [3.63, 3.8) is 0 Å².